The fraction of sp³-hybridized carbons (Fsp3) is 0.733. The van der Waals surface area contributed by atoms with Crippen LogP contribution in [0.2, 0.25) is 0 Å². The summed E-state index contributed by atoms with van der Waals surface area (Å²) in [7, 11) is 1.92. The third kappa shape index (κ3) is 14.2. The average Bonchev–Trinajstić information content (AvgIpc) is 2.61. The van der Waals surface area contributed by atoms with E-state index in [9.17, 15) is 19.2 Å². The molecule has 0 aromatic heterocycles. The summed E-state index contributed by atoms with van der Waals surface area (Å²) in [5.74, 6) is -2.01. The summed E-state index contributed by atoms with van der Waals surface area (Å²) in [4.78, 5) is 45.1. The van der Waals surface area contributed by atoms with E-state index in [1.54, 1.807) is 0 Å². The van der Waals surface area contributed by atoms with Crippen molar-refractivity contribution in [2.45, 2.75) is 25.7 Å². The van der Waals surface area contributed by atoms with Gasteiger partial charge < -0.3 is 21.7 Å². The molecule has 0 bridgehead atoms. The van der Waals surface area contributed by atoms with E-state index in [1.807, 2.05) is 7.05 Å². The number of Topliss-reactive ketones (excluding diaryl/α,β-unsaturated/α-hetero) is 2. The number of rotatable bonds is 16. The van der Waals surface area contributed by atoms with E-state index in [0.717, 1.165) is 32.2 Å². The van der Waals surface area contributed by atoms with Crippen LogP contribution < -0.4 is 32.5 Å². The second-order valence-electron chi connectivity index (χ2n) is 5.40. The normalized spacial score (nSPS) is 10.3. The van der Waals surface area contributed by atoms with Crippen molar-refractivity contribution < 1.29 is 19.2 Å². The summed E-state index contributed by atoms with van der Waals surface area (Å²) in [6, 6.07) is 0. The van der Waals surface area contributed by atoms with Gasteiger partial charge in [-0.3, -0.25) is 19.2 Å². The molecular weight excluding hydrogens is 328 g/mol. The van der Waals surface area contributed by atoms with Crippen LogP contribution in [-0.2, 0) is 19.2 Å². The lowest BCUT2D eigenvalue weighted by Gasteiger charge is -2.08. The molecule has 0 aromatic carbocycles. The van der Waals surface area contributed by atoms with Gasteiger partial charge in [0.25, 0.3) is 0 Å². The Morgan fingerprint density at radius 1 is 0.720 bits per heavy atom. The summed E-state index contributed by atoms with van der Waals surface area (Å²) >= 11 is 0. The van der Waals surface area contributed by atoms with E-state index >= 15 is 0 Å². The van der Waals surface area contributed by atoms with E-state index in [1.165, 1.54) is 0 Å². The maximum absolute atomic E-state index is 11.5. The van der Waals surface area contributed by atoms with Crippen LogP contribution in [0, 0.1) is 0 Å². The van der Waals surface area contributed by atoms with E-state index in [-0.39, 0.29) is 32.1 Å². The third-order valence-corrected chi connectivity index (χ3v) is 3.24. The average molecular weight is 358 g/mol. The van der Waals surface area contributed by atoms with Gasteiger partial charge in [0.1, 0.15) is 0 Å². The number of amides is 2. The van der Waals surface area contributed by atoms with Crippen molar-refractivity contribution in [3.63, 3.8) is 0 Å². The van der Waals surface area contributed by atoms with Gasteiger partial charge in [-0.2, -0.15) is 0 Å². The topological polar surface area (TPSA) is 154 Å². The molecule has 0 heterocycles. The molecule has 0 saturated heterocycles. The lowest BCUT2D eigenvalue weighted by Crippen LogP contribution is -2.46. The Kier molecular flexibility index (Phi) is 14.5. The monoisotopic (exact) mass is 358 g/mol. The molecule has 10 nitrogen and oxygen atoms in total. The number of nitrogens with two attached hydrogens (primary N) is 1. The van der Waals surface area contributed by atoms with Gasteiger partial charge >= 0.3 is 0 Å². The summed E-state index contributed by atoms with van der Waals surface area (Å²) in [6.07, 6.45) is 4.19. The van der Waals surface area contributed by atoms with Crippen molar-refractivity contribution in [1.82, 2.24) is 26.8 Å². The fourth-order valence-corrected chi connectivity index (χ4v) is 1.81. The molecule has 10 heteroatoms. The number of ketones is 2. The van der Waals surface area contributed by atoms with Gasteiger partial charge in [-0.15, -0.1) is 0 Å². The van der Waals surface area contributed by atoms with Crippen molar-refractivity contribution >= 4 is 23.4 Å². The molecule has 0 aromatic rings. The first-order valence-electron chi connectivity index (χ1n) is 8.41. The molecule has 0 aliphatic heterocycles. The molecule has 0 atom stereocenters. The molecule has 144 valence electrons. The smallest absolute Gasteiger partial charge is 0.239 e. The zero-order valence-corrected chi connectivity index (χ0v) is 14.8. The molecule has 0 saturated carbocycles. The first-order chi connectivity index (χ1) is 12.0. The molecule has 0 unspecified atom stereocenters. The Balaban J connectivity index is 3.53. The Labute approximate surface area is 148 Å². The third-order valence-electron chi connectivity index (χ3n) is 3.24. The zero-order valence-electron chi connectivity index (χ0n) is 14.8. The van der Waals surface area contributed by atoms with Gasteiger partial charge in [0, 0.05) is 6.54 Å². The van der Waals surface area contributed by atoms with E-state index < -0.39 is 17.5 Å². The van der Waals surface area contributed by atoms with Gasteiger partial charge in [0.15, 0.2) is 0 Å². The number of hydrogen-bond acceptors (Lipinski definition) is 8. The van der Waals surface area contributed by atoms with Gasteiger partial charge in [0.05, 0.1) is 26.2 Å². The van der Waals surface area contributed by atoms with Gasteiger partial charge in [-0.05, 0) is 26.4 Å². The minimum absolute atomic E-state index is 0.106. The van der Waals surface area contributed by atoms with Crippen molar-refractivity contribution in [3.8, 4) is 0 Å². The molecule has 7 N–H and O–H groups in total. The first-order valence-corrected chi connectivity index (χ1v) is 8.41. The van der Waals surface area contributed by atoms with Crippen molar-refractivity contribution in [2.24, 2.45) is 5.73 Å². The number of hydrazine groups is 1. The molecule has 0 fully saturated rings. The molecule has 0 aliphatic carbocycles. The van der Waals surface area contributed by atoms with E-state index in [4.69, 9.17) is 5.73 Å². The molecule has 25 heavy (non-hydrogen) atoms. The lowest BCUT2D eigenvalue weighted by molar-refractivity contribution is -0.135. The highest BCUT2D eigenvalue weighted by atomic mass is 16.2. The van der Waals surface area contributed by atoms with Crippen LogP contribution in [0.5, 0.6) is 0 Å². The van der Waals surface area contributed by atoms with Crippen LogP contribution in [0.15, 0.2) is 0 Å². The Morgan fingerprint density at radius 3 is 1.96 bits per heavy atom. The summed E-state index contributed by atoms with van der Waals surface area (Å²) in [5.41, 5.74) is 9.96. The molecule has 0 spiro atoms. The van der Waals surface area contributed by atoms with Crippen LogP contribution in [0.1, 0.15) is 25.7 Å². The van der Waals surface area contributed by atoms with Crippen LogP contribution in [0.25, 0.3) is 0 Å². The number of carbonyl (C=O) groups is 4. The van der Waals surface area contributed by atoms with Crippen molar-refractivity contribution in [2.75, 3.05) is 46.3 Å². The lowest BCUT2D eigenvalue weighted by atomic mass is 10.2. The van der Waals surface area contributed by atoms with Gasteiger partial charge in [0.2, 0.25) is 23.4 Å². The van der Waals surface area contributed by atoms with Crippen molar-refractivity contribution in [1.29, 1.82) is 0 Å². The minimum atomic E-state index is -0.683. The standard InChI is InChI=1S/C15H30N6O4/c1-17-6-4-2-3-5-7-18-14(24)10-19-15(25)11-21-20-9-13(23)12(22)8-16/h17,20-21H,2-11,16H2,1H3,(H,18,24)(H,19,25). The number of unbranched alkanes of at least 4 members (excludes halogenated alkanes) is 3. The molecule has 0 aliphatic rings. The fourth-order valence-electron chi connectivity index (χ4n) is 1.81. The van der Waals surface area contributed by atoms with Crippen molar-refractivity contribution in [3.05, 3.63) is 0 Å². The van der Waals surface area contributed by atoms with Crippen LogP contribution >= 0.6 is 0 Å². The Hall–Kier alpha value is -1.88. The van der Waals surface area contributed by atoms with Crippen LogP contribution in [-0.4, -0.2) is 69.7 Å². The molecule has 0 radical (unpaired) electrons. The van der Waals surface area contributed by atoms with Crippen LogP contribution in [0.3, 0.4) is 0 Å². The number of hydrogen-bond donors (Lipinski definition) is 6. The summed E-state index contributed by atoms with van der Waals surface area (Å²) in [5, 5.41) is 8.25. The Bertz CT molecular complexity index is 430. The van der Waals surface area contributed by atoms with Gasteiger partial charge in [-0.1, -0.05) is 12.8 Å². The predicted molar refractivity (Wildman–Crippen MR) is 93.5 cm³/mol. The van der Waals surface area contributed by atoms with E-state index in [2.05, 4.69) is 26.8 Å². The maximum Gasteiger partial charge on any atom is 0.239 e. The molecule has 2 amide bonds. The highest BCUT2D eigenvalue weighted by Gasteiger charge is 2.10. The highest BCUT2D eigenvalue weighted by molar-refractivity contribution is 6.38. The molecular formula is C15H30N6O4. The maximum atomic E-state index is 11.5. The number of nitrogens with one attached hydrogen (secondary N) is 5. The zero-order chi connectivity index (χ0) is 18.9. The molecule has 0 rings (SSSR count). The quantitative estimate of drug-likeness (QED) is 0.0981. The van der Waals surface area contributed by atoms with Gasteiger partial charge in [-0.25, -0.2) is 10.9 Å². The van der Waals surface area contributed by atoms with Crippen LogP contribution in [0.4, 0.5) is 0 Å². The summed E-state index contributed by atoms with van der Waals surface area (Å²) < 4.78 is 0. The SMILES string of the molecule is CNCCCCCCNC(=O)CNC(=O)CNNCC(=O)C(=O)CN. The Morgan fingerprint density at radius 2 is 1.32 bits per heavy atom. The minimum Gasteiger partial charge on any atom is -0.355 e. The second kappa shape index (κ2) is 15.6. The first kappa shape index (κ1) is 23.1. The highest BCUT2D eigenvalue weighted by Crippen LogP contribution is 1.97. The van der Waals surface area contributed by atoms with E-state index in [0.29, 0.717) is 6.54 Å². The second-order valence-corrected chi connectivity index (χ2v) is 5.40. The summed E-state index contributed by atoms with van der Waals surface area (Å²) in [6.45, 7) is 0.752. The largest absolute Gasteiger partial charge is 0.355 e. The predicted octanol–water partition coefficient (Wildman–Crippen LogP) is -2.81. The number of carbonyl (C=O) groups excluding carboxylic acids is 4.